The molecule has 2 N–H and O–H groups in total. The standard InChI is InChI=1S/C15H15N3O2/c1-10-3-4-11(8-16)7-14(10)17-9-12-5-6-13(18-12)15(19)20-2/h3-7,17-18H,9H2,1-2H3. The number of anilines is 1. The maximum atomic E-state index is 11.3. The van der Waals surface area contributed by atoms with Crippen LogP contribution in [0.4, 0.5) is 5.69 Å². The van der Waals surface area contributed by atoms with Crippen LogP contribution in [0.25, 0.3) is 0 Å². The van der Waals surface area contributed by atoms with Crippen molar-refractivity contribution in [3.05, 3.63) is 52.8 Å². The fourth-order valence-corrected chi connectivity index (χ4v) is 1.84. The normalized spacial score (nSPS) is 9.85. The zero-order valence-corrected chi connectivity index (χ0v) is 11.4. The van der Waals surface area contributed by atoms with E-state index in [-0.39, 0.29) is 5.97 Å². The second-order valence-corrected chi connectivity index (χ2v) is 4.38. The SMILES string of the molecule is COC(=O)c1ccc(CNc2cc(C#N)ccc2C)[nH]1. The number of esters is 1. The van der Waals surface area contributed by atoms with Gasteiger partial charge in [0.15, 0.2) is 0 Å². The topological polar surface area (TPSA) is 77.9 Å². The number of aromatic amines is 1. The van der Waals surface area contributed by atoms with Crippen molar-refractivity contribution in [3.8, 4) is 6.07 Å². The van der Waals surface area contributed by atoms with Gasteiger partial charge in [0.25, 0.3) is 0 Å². The molecule has 1 heterocycles. The molecule has 0 fully saturated rings. The van der Waals surface area contributed by atoms with Gasteiger partial charge in [-0.15, -0.1) is 0 Å². The van der Waals surface area contributed by atoms with Crippen LogP contribution < -0.4 is 5.32 Å². The van der Waals surface area contributed by atoms with E-state index in [4.69, 9.17) is 5.26 Å². The van der Waals surface area contributed by atoms with Gasteiger partial charge < -0.3 is 15.0 Å². The molecule has 2 rings (SSSR count). The Morgan fingerprint density at radius 2 is 2.20 bits per heavy atom. The highest BCUT2D eigenvalue weighted by Crippen LogP contribution is 2.17. The van der Waals surface area contributed by atoms with Gasteiger partial charge in [0.2, 0.25) is 0 Å². The highest BCUT2D eigenvalue weighted by atomic mass is 16.5. The number of aromatic nitrogens is 1. The third-order valence-electron chi connectivity index (χ3n) is 2.99. The fourth-order valence-electron chi connectivity index (χ4n) is 1.84. The van der Waals surface area contributed by atoms with Gasteiger partial charge in [-0.05, 0) is 36.8 Å². The number of nitrogens with zero attached hydrogens (tertiary/aromatic N) is 1. The van der Waals surface area contributed by atoms with Gasteiger partial charge in [-0.2, -0.15) is 5.26 Å². The van der Waals surface area contributed by atoms with E-state index in [0.717, 1.165) is 16.9 Å². The summed E-state index contributed by atoms with van der Waals surface area (Å²) >= 11 is 0. The molecule has 1 aromatic heterocycles. The molecule has 0 saturated carbocycles. The minimum atomic E-state index is -0.390. The zero-order chi connectivity index (χ0) is 14.5. The minimum absolute atomic E-state index is 0.390. The molecule has 5 heteroatoms. The summed E-state index contributed by atoms with van der Waals surface area (Å²) in [6, 6.07) is 11.1. The molecule has 0 atom stereocenters. The number of nitriles is 1. The van der Waals surface area contributed by atoms with Gasteiger partial charge in [-0.25, -0.2) is 4.79 Å². The number of hydrogen-bond donors (Lipinski definition) is 2. The summed E-state index contributed by atoms with van der Waals surface area (Å²) in [5.41, 5.74) is 3.86. The average molecular weight is 269 g/mol. The van der Waals surface area contributed by atoms with Crippen LogP contribution in [0.15, 0.2) is 30.3 Å². The van der Waals surface area contributed by atoms with Crippen LogP contribution in [-0.4, -0.2) is 18.1 Å². The van der Waals surface area contributed by atoms with Crippen LogP contribution in [-0.2, 0) is 11.3 Å². The third kappa shape index (κ3) is 2.98. The molecule has 1 aromatic carbocycles. The molecule has 0 unspecified atom stereocenters. The molecule has 0 bridgehead atoms. The molecule has 0 spiro atoms. The third-order valence-corrected chi connectivity index (χ3v) is 2.99. The Bertz CT molecular complexity index is 668. The fraction of sp³-hybridized carbons (Fsp3) is 0.200. The lowest BCUT2D eigenvalue weighted by Crippen LogP contribution is -2.04. The first-order valence-electron chi connectivity index (χ1n) is 6.15. The van der Waals surface area contributed by atoms with Crippen molar-refractivity contribution in [1.29, 1.82) is 5.26 Å². The van der Waals surface area contributed by atoms with Gasteiger partial charge in [0.1, 0.15) is 5.69 Å². The second-order valence-electron chi connectivity index (χ2n) is 4.38. The van der Waals surface area contributed by atoms with Crippen molar-refractivity contribution in [3.63, 3.8) is 0 Å². The lowest BCUT2D eigenvalue weighted by molar-refractivity contribution is 0.0594. The highest BCUT2D eigenvalue weighted by molar-refractivity contribution is 5.87. The van der Waals surface area contributed by atoms with Crippen LogP contribution in [0.2, 0.25) is 0 Å². The maximum absolute atomic E-state index is 11.3. The Kier molecular flexibility index (Phi) is 4.06. The predicted octanol–water partition coefficient (Wildman–Crippen LogP) is 2.59. The van der Waals surface area contributed by atoms with Gasteiger partial charge in [-0.3, -0.25) is 0 Å². The second kappa shape index (κ2) is 5.93. The Morgan fingerprint density at radius 3 is 2.90 bits per heavy atom. The first-order valence-corrected chi connectivity index (χ1v) is 6.15. The van der Waals surface area contributed by atoms with Crippen molar-refractivity contribution in [1.82, 2.24) is 4.98 Å². The maximum Gasteiger partial charge on any atom is 0.354 e. The van der Waals surface area contributed by atoms with Crippen molar-refractivity contribution >= 4 is 11.7 Å². The van der Waals surface area contributed by atoms with Crippen molar-refractivity contribution < 1.29 is 9.53 Å². The Balaban J connectivity index is 2.07. The van der Waals surface area contributed by atoms with E-state index in [0.29, 0.717) is 17.8 Å². The summed E-state index contributed by atoms with van der Waals surface area (Å²) in [6.07, 6.45) is 0. The molecule has 102 valence electrons. The number of carbonyl (C=O) groups excluding carboxylic acids is 1. The largest absolute Gasteiger partial charge is 0.464 e. The molecule has 2 aromatic rings. The summed E-state index contributed by atoms with van der Waals surface area (Å²) in [4.78, 5) is 14.3. The number of nitrogens with one attached hydrogen (secondary N) is 2. The first kappa shape index (κ1) is 13.7. The molecule has 5 nitrogen and oxygen atoms in total. The van der Waals surface area contributed by atoms with E-state index in [1.807, 2.05) is 19.1 Å². The predicted molar refractivity (Wildman–Crippen MR) is 75.4 cm³/mol. The van der Waals surface area contributed by atoms with Crippen molar-refractivity contribution in [2.24, 2.45) is 0 Å². The number of hydrogen-bond acceptors (Lipinski definition) is 4. The molecule has 20 heavy (non-hydrogen) atoms. The minimum Gasteiger partial charge on any atom is -0.464 e. The van der Waals surface area contributed by atoms with E-state index < -0.39 is 0 Å². The molecular weight excluding hydrogens is 254 g/mol. The average Bonchev–Trinajstić information content (AvgIpc) is 2.94. The van der Waals surface area contributed by atoms with Crippen LogP contribution in [0, 0.1) is 18.3 Å². The van der Waals surface area contributed by atoms with Crippen LogP contribution in [0.3, 0.4) is 0 Å². The lowest BCUT2D eigenvalue weighted by atomic mass is 10.1. The van der Waals surface area contributed by atoms with Gasteiger partial charge in [-0.1, -0.05) is 6.07 Å². The number of rotatable bonds is 4. The molecule has 0 aliphatic rings. The molecule has 0 aliphatic carbocycles. The van der Waals surface area contributed by atoms with E-state index in [1.54, 1.807) is 18.2 Å². The van der Waals surface area contributed by atoms with E-state index in [2.05, 4.69) is 21.1 Å². The number of methoxy groups -OCH3 is 1. The summed E-state index contributed by atoms with van der Waals surface area (Å²) in [6.45, 7) is 2.50. The highest BCUT2D eigenvalue weighted by Gasteiger charge is 2.08. The lowest BCUT2D eigenvalue weighted by Gasteiger charge is -2.08. The van der Waals surface area contributed by atoms with Gasteiger partial charge in [0.05, 0.1) is 25.3 Å². The number of ether oxygens (including phenoxy) is 1. The monoisotopic (exact) mass is 269 g/mol. The smallest absolute Gasteiger partial charge is 0.354 e. The van der Waals surface area contributed by atoms with Crippen molar-refractivity contribution in [2.45, 2.75) is 13.5 Å². The van der Waals surface area contributed by atoms with Crippen LogP contribution in [0.1, 0.15) is 27.3 Å². The van der Waals surface area contributed by atoms with E-state index >= 15 is 0 Å². The van der Waals surface area contributed by atoms with Crippen molar-refractivity contribution in [2.75, 3.05) is 12.4 Å². The molecule has 0 saturated heterocycles. The zero-order valence-electron chi connectivity index (χ0n) is 11.4. The van der Waals surface area contributed by atoms with Gasteiger partial charge in [0, 0.05) is 11.4 Å². The van der Waals surface area contributed by atoms with E-state index in [1.165, 1.54) is 7.11 Å². The van der Waals surface area contributed by atoms with Gasteiger partial charge >= 0.3 is 5.97 Å². The summed E-state index contributed by atoms with van der Waals surface area (Å²) in [5, 5.41) is 12.1. The number of aryl methyl sites for hydroxylation is 1. The Hall–Kier alpha value is -2.74. The quantitative estimate of drug-likeness (QED) is 0.836. The summed E-state index contributed by atoms with van der Waals surface area (Å²) in [5.74, 6) is -0.390. The summed E-state index contributed by atoms with van der Waals surface area (Å²) < 4.78 is 4.64. The van der Waals surface area contributed by atoms with Crippen LogP contribution in [0.5, 0.6) is 0 Å². The number of carbonyl (C=O) groups is 1. The number of benzene rings is 1. The number of H-pyrrole nitrogens is 1. The first-order chi connectivity index (χ1) is 9.63. The van der Waals surface area contributed by atoms with E-state index in [9.17, 15) is 4.79 Å². The summed E-state index contributed by atoms with van der Waals surface area (Å²) in [7, 11) is 1.35. The Labute approximate surface area is 117 Å². The Morgan fingerprint density at radius 1 is 1.40 bits per heavy atom. The molecule has 0 radical (unpaired) electrons. The molecule has 0 aliphatic heterocycles. The molecule has 0 amide bonds. The molecular formula is C15H15N3O2. The van der Waals surface area contributed by atoms with Crippen LogP contribution >= 0.6 is 0 Å².